The van der Waals surface area contributed by atoms with E-state index in [2.05, 4.69) is 34.6 Å². The first-order chi connectivity index (χ1) is 31.8. The monoisotopic (exact) mass is 919 g/mol. The van der Waals surface area contributed by atoms with Gasteiger partial charge in [0.2, 0.25) is 0 Å². The molecule has 0 aromatic rings. The van der Waals surface area contributed by atoms with Crippen LogP contribution in [0.25, 0.3) is 0 Å². The van der Waals surface area contributed by atoms with Crippen LogP contribution in [0.2, 0.25) is 0 Å². The van der Waals surface area contributed by atoms with Crippen molar-refractivity contribution in [3.8, 4) is 0 Å². The Morgan fingerprint density at radius 2 is 0.585 bits per heavy atom. The molecule has 0 aliphatic rings. The van der Waals surface area contributed by atoms with Gasteiger partial charge in [0.05, 0.1) is 0 Å². The Labute approximate surface area is 406 Å². The molecule has 1 unspecified atom stereocenters. The maximum absolute atomic E-state index is 12.9. The molecule has 0 aromatic carbocycles. The van der Waals surface area contributed by atoms with Crippen molar-refractivity contribution in [3.63, 3.8) is 0 Å². The molecule has 0 saturated heterocycles. The van der Waals surface area contributed by atoms with Crippen molar-refractivity contribution in [1.29, 1.82) is 0 Å². The van der Waals surface area contributed by atoms with Crippen molar-refractivity contribution in [3.05, 3.63) is 0 Å². The summed E-state index contributed by atoms with van der Waals surface area (Å²) in [6, 6.07) is 0. The summed E-state index contributed by atoms with van der Waals surface area (Å²) in [6.07, 6.45) is 55.1. The Morgan fingerprint density at radius 1 is 0.323 bits per heavy atom. The molecule has 0 radical (unpaired) electrons. The van der Waals surface area contributed by atoms with Crippen LogP contribution in [0.4, 0.5) is 0 Å². The number of unbranched alkanes of at least 4 members (excludes halogenated alkanes) is 37. The summed E-state index contributed by atoms with van der Waals surface area (Å²) in [4.78, 5) is 38.1. The van der Waals surface area contributed by atoms with E-state index in [0.717, 1.165) is 69.6 Å². The molecule has 2 atom stereocenters. The van der Waals surface area contributed by atoms with Gasteiger partial charge in [-0.05, 0) is 31.1 Å². The van der Waals surface area contributed by atoms with Gasteiger partial charge in [0.1, 0.15) is 13.2 Å². The molecule has 0 aliphatic carbocycles. The standard InChI is InChI=1S/C59H114O6/c1-6-8-9-10-11-12-13-14-20-23-29-34-39-44-49-57(60)63-52-56(53-64-58(61)50-45-40-35-30-26-25-28-33-38-43-48-55(5)7-2)65-59(62)51-46-41-36-31-24-21-18-16-15-17-19-22-27-32-37-42-47-54(3)4/h54-56H,6-53H2,1-5H3/t55?,56-/m0/s1. The second-order valence-electron chi connectivity index (χ2n) is 21.0. The van der Waals surface area contributed by atoms with Crippen LogP contribution in [0.1, 0.15) is 330 Å². The van der Waals surface area contributed by atoms with E-state index >= 15 is 0 Å². The Morgan fingerprint density at radius 3 is 0.877 bits per heavy atom. The van der Waals surface area contributed by atoms with Crippen LogP contribution in [-0.2, 0) is 28.6 Å². The fourth-order valence-electron chi connectivity index (χ4n) is 9.02. The van der Waals surface area contributed by atoms with Crippen molar-refractivity contribution < 1.29 is 28.6 Å². The summed E-state index contributed by atoms with van der Waals surface area (Å²) < 4.78 is 16.9. The SMILES string of the molecule is CCCCCCCCCCCCCCCCC(=O)OC[C@@H](COC(=O)CCCCCCCCCCCCC(C)CC)OC(=O)CCCCCCCCCCCCCCCCCCC(C)C. The van der Waals surface area contributed by atoms with E-state index in [1.54, 1.807) is 0 Å². The Balaban J connectivity index is 4.29. The topological polar surface area (TPSA) is 78.9 Å². The molecule has 0 aliphatic heterocycles. The Hall–Kier alpha value is -1.59. The first kappa shape index (κ1) is 63.4. The van der Waals surface area contributed by atoms with Crippen molar-refractivity contribution in [1.82, 2.24) is 0 Å². The predicted octanol–water partition coefficient (Wildman–Crippen LogP) is 19.3. The van der Waals surface area contributed by atoms with Crippen LogP contribution in [0.3, 0.4) is 0 Å². The number of hydrogen-bond acceptors (Lipinski definition) is 6. The molecule has 386 valence electrons. The van der Waals surface area contributed by atoms with Gasteiger partial charge in [0, 0.05) is 19.3 Å². The summed E-state index contributed by atoms with van der Waals surface area (Å²) in [7, 11) is 0. The van der Waals surface area contributed by atoms with Gasteiger partial charge in [0.25, 0.3) is 0 Å². The lowest BCUT2D eigenvalue weighted by atomic mass is 9.99. The van der Waals surface area contributed by atoms with E-state index in [1.165, 1.54) is 218 Å². The first-order valence-corrected chi connectivity index (χ1v) is 29.3. The zero-order chi connectivity index (χ0) is 47.5. The summed E-state index contributed by atoms with van der Waals surface area (Å²) in [5, 5.41) is 0. The van der Waals surface area contributed by atoms with E-state index in [0.29, 0.717) is 19.3 Å². The fourth-order valence-corrected chi connectivity index (χ4v) is 9.02. The van der Waals surface area contributed by atoms with E-state index in [1.807, 2.05) is 0 Å². The highest BCUT2D eigenvalue weighted by atomic mass is 16.6. The second kappa shape index (κ2) is 51.8. The van der Waals surface area contributed by atoms with Crippen LogP contribution in [0.5, 0.6) is 0 Å². The van der Waals surface area contributed by atoms with Gasteiger partial charge < -0.3 is 14.2 Å². The van der Waals surface area contributed by atoms with E-state index in [-0.39, 0.29) is 31.1 Å². The maximum atomic E-state index is 12.9. The van der Waals surface area contributed by atoms with Crippen LogP contribution in [0, 0.1) is 11.8 Å². The highest BCUT2D eigenvalue weighted by molar-refractivity contribution is 5.71. The first-order valence-electron chi connectivity index (χ1n) is 29.3. The zero-order valence-corrected chi connectivity index (χ0v) is 44.6. The normalized spacial score (nSPS) is 12.5. The number of esters is 3. The molecule has 0 bridgehead atoms. The van der Waals surface area contributed by atoms with Gasteiger partial charge in [-0.25, -0.2) is 0 Å². The van der Waals surface area contributed by atoms with Crippen LogP contribution in [0.15, 0.2) is 0 Å². The van der Waals surface area contributed by atoms with E-state index in [4.69, 9.17) is 14.2 Å². The fraction of sp³-hybridized carbons (Fsp3) is 0.949. The predicted molar refractivity (Wildman–Crippen MR) is 280 cm³/mol. The number of carbonyl (C=O) groups is 3. The maximum Gasteiger partial charge on any atom is 0.306 e. The highest BCUT2D eigenvalue weighted by Gasteiger charge is 2.19. The number of hydrogen-bond donors (Lipinski definition) is 0. The van der Waals surface area contributed by atoms with Crippen LogP contribution in [-0.4, -0.2) is 37.2 Å². The molecule has 6 nitrogen and oxygen atoms in total. The number of carbonyl (C=O) groups excluding carboxylic acids is 3. The molecule has 0 fully saturated rings. The average Bonchev–Trinajstić information content (AvgIpc) is 3.29. The van der Waals surface area contributed by atoms with Crippen LogP contribution < -0.4 is 0 Å². The molecular weight excluding hydrogens is 805 g/mol. The van der Waals surface area contributed by atoms with Gasteiger partial charge in [-0.3, -0.25) is 14.4 Å². The highest BCUT2D eigenvalue weighted by Crippen LogP contribution is 2.19. The minimum absolute atomic E-state index is 0.0626. The third-order valence-corrected chi connectivity index (χ3v) is 13.8. The van der Waals surface area contributed by atoms with Crippen molar-refractivity contribution in [2.75, 3.05) is 13.2 Å². The molecular formula is C59H114O6. The third kappa shape index (κ3) is 51.6. The second-order valence-corrected chi connectivity index (χ2v) is 21.0. The zero-order valence-electron chi connectivity index (χ0n) is 44.6. The summed E-state index contributed by atoms with van der Waals surface area (Å²) >= 11 is 0. The molecule has 0 N–H and O–H groups in total. The van der Waals surface area contributed by atoms with Crippen molar-refractivity contribution in [2.45, 2.75) is 336 Å². The van der Waals surface area contributed by atoms with Crippen molar-refractivity contribution >= 4 is 17.9 Å². The van der Waals surface area contributed by atoms with Gasteiger partial charge in [-0.2, -0.15) is 0 Å². The molecule has 0 aromatic heterocycles. The molecule has 0 rings (SSSR count). The van der Waals surface area contributed by atoms with Crippen molar-refractivity contribution in [2.24, 2.45) is 11.8 Å². The largest absolute Gasteiger partial charge is 0.462 e. The van der Waals surface area contributed by atoms with E-state index < -0.39 is 6.10 Å². The van der Waals surface area contributed by atoms with Gasteiger partial charge in [0.15, 0.2) is 6.10 Å². The Kier molecular flexibility index (Phi) is 50.5. The molecule has 0 saturated carbocycles. The van der Waals surface area contributed by atoms with Gasteiger partial charge in [-0.15, -0.1) is 0 Å². The lowest BCUT2D eigenvalue weighted by Gasteiger charge is -2.18. The minimum atomic E-state index is -0.763. The summed E-state index contributed by atoms with van der Waals surface area (Å²) in [5.41, 5.74) is 0. The third-order valence-electron chi connectivity index (χ3n) is 13.8. The quantitative estimate of drug-likeness (QED) is 0.0344. The average molecular weight is 920 g/mol. The lowest BCUT2D eigenvalue weighted by molar-refractivity contribution is -0.167. The molecule has 65 heavy (non-hydrogen) atoms. The number of ether oxygens (including phenoxy) is 3. The van der Waals surface area contributed by atoms with Gasteiger partial charge in [-0.1, -0.05) is 291 Å². The Bertz CT molecular complexity index is 995. The minimum Gasteiger partial charge on any atom is -0.462 e. The molecule has 0 heterocycles. The van der Waals surface area contributed by atoms with Crippen LogP contribution >= 0.6 is 0 Å². The molecule has 6 heteroatoms. The summed E-state index contributed by atoms with van der Waals surface area (Å²) in [5.74, 6) is 0.883. The summed E-state index contributed by atoms with van der Waals surface area (Å²) in [6.45, 7) is 11.4. The van der Waals surface area contributed by atoms with Gasteiger partial charge >= 0.3 is 17.9 Å². The molecule has 0 amide bonds. The smallest absolute Gasteiger partial charge is 0.306 e. The molecule has 0 spiro atoms. The number of rotatable bonds is 53. The van der Waals surface area contributed by atoms with E-state index in [9.17, 15) is 14.4 Å². The lowest BCUT2D eigenvalue weighted by Crippen LogP contribution is -2.30.